The van der Waals surface area contributed by atoms with E-state index in [9.17, 15) is 0 Å². The second-order valence-electron chi connectivity index (χ2n) is 2.92. The zero-order valence-corrected chi connectivity index (χ0v) is 8.79. The van der Waals surface area contributed by atoms with Gasteiger partial charge in [0.1, 0.15) is 0 Å². The van der Waals surface area contributed by atoms with Gasteiger partial charge < -0.3 is 0 Å². The normalized spacial score (nSPS) is 12.9. The number of hydrogen-bond donors (Lipinski definition) is 0. The van der Waals surface area contributed by atoms with Crippen LogP contribution in [0.15, 0.2) is 48.6 Å². The van der Waals surface area contributed by atoms with Crippen molar-refractivity contribution in [2.24, 2.45) is 0 Å². The second kappa shape index (κ2) is 9.05. The Morgan fingerprint density at radius 1 is 1.31 bits per heavy atom. The van der Waals surface area contributed by atoms with E-state index in [4.69, 9.17) is 0 Å². The van der Waals surface area contributed by atoms with Gasteiger partial charge in [0.25, 0.3) is 0 Å². The molecule has 0 heterocycles. The average molecular weight is 176 g/mol. The molecule has 0 unspecified atom stereocenters. The Labute approximate surface area is 82.4 Å². The minimum absolute atomic E-state index is 1.14. The van der Waals surface area contributed by atoms with Gasteiger partial charge in [-0.3, -0.25) is 0 Å². The van der Waals surface area contributed by atoms with Crippen LogP contribution in [-0.4, -0.2) is 0 Å². The third-order valence-corrected chi connectivity index (χ3v) is 1.86. The molecule has 0 aromatic rings. The van der Waals surface area contributed by atoms with Crippen LogP contribution < -0.4 is 0 Å². The lowest BCUT2D eigenvalue weighted by Crippen LogP contribution is -1.78. The maximum Gasteiger partial charge on any atom is -0.0279 e. The first-order chi connectivity index (χ1) is 6.35. The highest BCUT2D eigenvalue weighted by molar-refractivity contribution is 5.17. The Bertz CT molecular complexity index is 204. The van der Waals surface area contributed by atoms with E-state index < -0.39 is 0 Å². The van der Waals surface area contributed by atoms with Crippen molar-refractivity contribution in [3.8, 4) is 0 Å². The first kappa shape index (κ1) is 12.0. The van der Waals surface area contributed by atoms with Crippen molar-refractivity contribution in [2.75, 3.05) is 0 Å². The van der Waals surface area contributed by atoms with Crippen molar-refractivity contribution in [1.29, 1.82) is 0 Å². The molecule has 0 aromatic carbocycles. The minimum Gasteiger partial charge on any atom is -0.0991 e. The van der Waals surface area contributed by atoms with Crippen LogP contribution in [0.1, 0.15) is 33.1 Å². The molecule has 0 N–H and O–H groups in total. The number of rotatable bonds is 6. The molecule has 72 valence electrons. The number of allylic oxidation sites excluding steroid dienone is 7. The quantitative estimate of drug-likeness (QED) is 0.415. The van der Waals surface area contributed by atoms with Crippen molar-refractivity contribution in [3.05, 3.63) is 48.6 Å². The van der Waals surface area contributed by atoms with Gasteiger partial charge in [0.05, 0.1) is 0 Å². The lowest BCUT2D eigenvalue weighted by atomic mass is 10.1. The fraction of sp³-hybridized carbons (Fsp3) is 0.385. The lowest BCUT2D eigenvalue weighted by Gasteiger charge is -1.98. The molecule has 0 aliphatic heterocycles. The zero-order chi connectivity index (χ0) is 9.94. The standard InChI is InChI=1S/C13H20/c1-4-7-8-9-10-12-13(6-3)11-5-2/h4-8,11H,1,9-10,12H2,2-3H3. The molecule has 0 nitrogen and oxygen atoms in total. The first-order valence-corrected chi connectivity index (χ1v) is 4.90. The molecule has 0 saturated carbocycles. The Morgan fingerprint density at radius 2 is 2.08 bits per heavy atom. The predicted molar refractivity (Wildman–Crippen MR) is 61.8 cm³/mol. The maximum atomic E-state index is 3.63. The van der Waals surface area contributed by atoms with Crippen LogP contribution in [0.3, 0.4) is 0 Å². The Kier molecular flexibility index (Phi) is 8.33. The second-order valence-corrected chi connectivity index (χ2v) is 2.92. The fourth-order valence-corrected chi connectivity index (χ4v) is 1.15. The number of unbranched alkanes of at least 4 members (excludes halogenated alkanes) is 1. The van der Waals surface area contributed by atoms with Crippen molar-refractivity contribution >= 4 is 0 Å². The Balaban J connectivity index is 3.62. The van der Waals surface area contributed by atoms with Crippen LogP contribution in [0, 0.1) is 0 Å². The van der Waals surface area contributed by atoms with Gasteiger partial charge in [-0.25, -0.2) is 0 Å². The van der Waals surface area contributed by atoms with E-state index in [1.165, 1.54) is 18.4 Å². The molecular weight excluding hydrogens is 156 g/mol. The first-order valence-electron chi connectivity index (χ1n) is 4.90. The Morgan fingerprint density at radius 3 is 2.62 bits per heavy atom. The topological polar surface area (TPSA) is 0 Å². The zero-order valence-electron chi connectivity index (χ0n) is 8.79. The van der Waals surface area contributed by atoms with E-state index in [-0.39, 0.29) is 0 Å². The van der Waals surface area contributed by atoms with E-state index >= 15 is 0 Å². The van der Waals surface area contributed by atoms with Crippen molar-refractivity contribution in [2.45, 2.75) is 33.1 Å². The molecule has 0 fully saturated rings. The third-order valence-electron chi connectivity index (χ3n) is 1.86. The van der Waals surface area contributed by atoms with E-state index in [1.54, 1.807) is 0 Å². The van der Waals surface area contributed by atoms with Gasteiger partial charge in [0.15, 0.2) is 0 Å². The molecule has 0 rings (SSSR count). The summed E-state index contributed by atoms with van der Waals surface area (Å²) in [6, 6.07) is 0. The molecule has 0 atom stereocenters. The highest BCUT2D eigenvalue weighted by Gasteiger charge is 1.89. The van der Waals surface area contributed by atoms with Gasteiger partial charge in [-0.05, 0) is 33.1 Å². The highest BCUT2D eigenvalue weighted by Crippen LogP contribution is 2.09. The monoisotopic (exact) mass is 176 g/mol. The molecule has 13 heavy (non-hydrogen) atoms. The van der Waals surface area contributed by atoms with Gasteiger partial charge >= 0.3 is 0 Å². The summed E-state index contributed by atoms with van der Waals surface area (Å²) >= 11 is 0. The number of hydrogen-bond acceptors (Lipinski definition) is 0. The molecule has 0 radical (unpaired) electrons. The van der Waals surface area contributed by atoms with Gasteiger partial charge in [-0.1, -0.05) is 48.6 Å². The minimum atomic E-state index is 1.14. The van der Waals surface area contributed by atoms with E-state index in [2.05, 4.69) is 44.7 Å². The summed E-state index contributed by atoms with van der Waals surface area (Å²) in [5.74, 6) is 0. The molecule has 0 aromatic heterocycles. The summed E-state index contributed by atoms with van der Waals surface area (Å²) in [5, 5.41) is 0. The summed E-state index contributed by atoms with van der Waals surface area (Å²) in [6.45, 7) is 7.78. The van der Waals surface area contributed by atoms with Gasteiger partial charge in [0.2, 0.25) is 0 Å². The molecule has 0 bridgehead atoms. The van der Waals surface area contributed by atoms with Crippen LogP contribution >= 0.6 is 0 Å². The molecule has 0 amide bonds. The highest BCUT2D eigenvalue weighted by atomic mass is 13.9. The summed E-state index contributed by atoms with van der Waals surface area (Å²) in [6.07, 6.45) is 16.0. The molecule has 0 spiro atoms. The van der Waals surface area contributed by atoms with Crippen molar-refractivity contribution in [3.63, 3.8) is 0 Å². The van der Waals surface area contributed by atoms with Crippen molar-refractivity contribution < 1.29 is 0 Å². The van der Waals surface area contributed by atoms with E-state index in [1.807, 2.05) is 12.2 Å². The van der Waals surface area contributed by atoms with Crippen LogP contribution in [0.5, 0.6) is 0 Å². The molecule has 0 saturated heterocycles. The van der Waals surface area contributed by atoms with Crippen LogP contribution in [-0.2, 0) is 0 Å². The van der Waals surface area contributed by atoms with Gasteiger partial charge in [-0.15, -0.1) is 0 Å². The summed E-state index contributed by atoms with van der Waals surface area (Å²) < 4.78 is 0. The summed E-state index contributed by atoms with van der Waals surface area (Å²) in [4.78, 5) is 0. The average Bonchev–Trinajstić information content (AvgIpc) is 2.16. The summed E-state index contributed by atoms with van der Waals surface area (Å²) in [5.41, 5.74) is 1.43. The molecule has 0 aliphatic rings. The maximum absolute atomic E-state index is 3.63. The molecule has 0 aliphatic carbocycles. The van der Waals surface area contributed by atoms with Crippen LogP contribution in [0.25, 0.3) is 0 Å². The molecular formula is C13H20. The lowest BCUT2D eigenvalue weighted by molar-refractivity contribution is 0.845. The SMILES string of the molecule is C=CC=CCCCC(C=CC)=CC. The Hall–Kier alpha value is -1.04. The third kappa shape index (κ3) is 7.32. The largest absolute Gasteiger partial charge is 0.0991 e. The fourth-order valence-electron chi connectivity index (χ4n) is 1.15. The predicted octanol–water partition coefficient (Wildman–Crippen LogP) is 4.42. The van der Waals surface area contributed by atoms with Crippen LogP contribution in [0.4, 0.5) is 0 Å². The van der Waals surface area contributed by atoms with Crippen molar-refractivity contribution in [1.82, 2.24) is 0 Å². The van der Waals surface area contributed by atoms with Gasteiger partial charge in [0, 0.05) is 0 Å². The molecule has 0 heteroatoms. The summed E-state index contributed by atoms with van der Waals surface area (Å²) in [7, 11) is 0. The van der Waals surface area contributed by atoms with Crippen LogP contribution in [0.2, 0.25) is 0 Å². The van der Waals surface area contributed by atoms with E-state index in [0.717, 1.165) is 6.42 Å². The van der Waals surface area contributed by atoms with Gasteiger partial charge in [-0.2, -0.15) is 0 Å². The van der Waals surface area contributed by atoms with E-state index in [0.29, 0.717) is 0 Å². The smallest absolute Gasteiger partial charge is 0.0279 e.